The van der Waals surface area contributed by atoms with Crippen molar-refractivity contribution in [3.8, 4) is 33.6 Å². The number of hydrogen-bond donors (Lipinski definition) is 0. The quantitative estimate of drug-likeness (QED) is 0.158. The van der Waals surface area contributed by atoms with Crippen molar-refractivity contribution >= 4 is 86.7 Å². The van der Waals surface area contributed by atoms with E-state index in [1.807, 2.05) is 0 Å². The van der Waals surface area contributed by atoms with Crippen LogP contribution >= 0.6 is 0 Å². The summed E-state index contributed by atoms with van der Waals surface area (Å²) in [6.45, 7) is 0. The summed E-state index contributed by atoms with van der Waals surface area (Å²) < 4.78 is 4.82. The first kappa shape index (κ1) is 33.1. The molecule has 2 heteroatoms. The number of aromatic nitrogens is 2. The summed E-state index contributed by atoms with van der Waals surface area (Å²) in [5.41, 5.74) is 12.0. The first-order valence-electron chi connectivity index (χ1n) is 20.8. The lowest BCUT2D eigenvalue weighted by atomic mass is 9.88. The minimum Gasteiger partial charge on any atom is -0.309 e. The number of hydrogen-bond acceptors (Lipinski definition) is 0. The molecule has 0 saturated heterocycles. The molecule has 60 heavy (non-hydrogen) atoms. The maximum Gasteiger partial charge on any atom is 0.0547 e. The fraction of sp³-hybridized carbons (Fsp3) is 0. The average Bonchev–Trinajstić information content (AvgIpc) is 3.83. The lowest BCUT2D eigenvalue weighted by Crippen LogP contribution is -1.94. The fourth-order valence-electron chi connectivity index (χ4n) is 10.2. The molecule has 11 aromatic carbocycles. The molecule has 0 aliphatic heterocycles. The van der Waals surface area contributed by atoms with Crippen molar-refractivity contribution in [3.63, 3.8) is 0 Å². The van der Waals surface area contributed by atoms with E-state index in [4.69, 9.17) is 0 Å². The van der Waals surface area contributed by atoms with Crippen LogP contribution in [0.15, 0.2) is 218 Å². The van der Waals surface area contributed by atoms with Crippen LogP contribution in [0.3, 0.4) is 0 Å². The van der Waals surface area contributed by atoms with Crippen molar-refractivity contribution in [2.75, 3.05) is 0 Å². The van der Waals surface area contributed by atoms with E-state index in [0.717, 1.165) is 5.69 Å². The molecule has 0 N–H and O–H groups in total. The molecule has 0 bridgehead atoms. The van der Waals surface area contributed by atoms with Crippen molar-refractivity contribution in [2.24, 2.45) is 0 Å². The minimum absolute atomic E-state index is 1.15. The molecular formula is C58H36N2. The Bertz CT molecular complexity index is 3870. The second-order valence-corrected chi connectivity index (χ2v) is 16.1. The Kier molecular flexibility index (Phi) is 7.05. The molecule has 0 saturated carbocycles. The van der Waals surface area contributed by atoms with Crippen molar-refractivity contribution in [3.05, 3.63) is 218 Å². The normalized spacial score (nSPS) is 12.0. The highest BCUT2D eigenvalue weighted by atomic mass is 15.0. The van der Waals surface area contributed by atoms with Crippen LogP contribution in [0.5, 0.6) is 0 Å². The molecule has 0 fully saturated rings. The number of fused-ring (bicyclic) bond motifs is 13. The Labute approximate surface area is 346 Å². The van der Waals surface area contributed by atoms with Crippen LogP contribution in [0.1, 0.15) is 0 Å². The third-order valence-electron chi connectivity index (χ3n) is 12.9. The van der Waals surface area contributed by atoms with E-state index < -0.39 is 0 Å². The molecule has 0 spiro atoms. The van der Waals surface area contributed by atoms with Crippen molar-refractivity contribution < 1.29 is 0 Å². The summed E-state index contributed by atoms with van der Waals surface area (Å²) >= 11 is 0. The first-order chi connectivity index (χ1) is 29.8. The molecular weight excluding hydrogens is 725 g/mol. The van der Waals surface area contributed by atoms with Crippen LogP contribution < -0.4 is 0 Å². The molecule has 2 aromatic heterocycles. The van der Waals surface area contributed by atoms with Gasteiger partial charge >= 0.3 is 0 Å². The maximum atomic E-state index is 2.42. The van der Waals surface area contributed by atoms with Crippen LogP contribution in [-0.4, -0.2) is 9.13 Å². The third kappa shape index (κ3) is 4.82. The van der Waals surface area contributed by atoms with Gasteiger partial charge in [-0.2, -0.15) is 0 Å². The summed E-state index contributed by atoms with van der Waals surface area (Å²) in [5.74, 6) is 0. The SMILES string of the molecule is c1ccc(-n2c3ccccc3c3ccc(-c4ccc5c(c4)c4ccccc4n5-c4ccc(-c5cc6ccc7ccccc7c6c6c5ccc5ccccc56)cc4)cc32)cc1. The predicted molar refractivity (Wildman–Crippen MR) is 256 cm³/mol. The number of para-hydroxylation sites is 3. The lowest BCUT2D eigenvalue weighted by Gasteiger charge is -2.16. The van der Waals surface area contributed by atoms with Crippen LogP contribution in [0, 0.1) is 0 Å². The molecule has 2 nitrogen and oxygen atoms in total. The molecule has 0 radical (unpaired) electrons. The summed E-state index contributed by atoms with van der Waals surface area (Å²) in [4.78, 5) is 0. The van der Waals surface area contributed by atoms with Gasteiger partial charge in [-0.1, -0.05) is 158 Å². The van der Waals surface area contributed by atoms with Gasteiger partial charge < -0.3 is 9.13 Å². The molecule has 0 atom stereocenters. The van der Waals surface area contributed by atoms with Gasteiger partial charge in [0.05, 0.1) is 22.1 Å². The monoisotopic (exact) mass is 760 g/mol. The maximum absolute atomic E-state index is 2.42. The molecule has 278 valence electrons. The smallest absolute Gasteiger partial charge is 0.0547 e. The van der Waals surface area contributed by atoms with Gasteiger partial charge in [0.15, 0.2) is 0 Å². The molecule has 0 aliphatic carbocycles. The molecule has 13 rings (SSSR count). The van der Waals surface area contributed by atoms with Crippen LogP contribution in [0.4, 0.5) is 0 Å². The van der Waals surface area contributed by atoms with Gasteiger partial charge in [-0.05, 0) is 126 Å². The van der Waals surface area contributed by atoms with E-state index in [1.165, 1.54) is 115 Å². The molecule has 13 aromatic rings. The van der Waals surface area contributed by atoms with Gasteiger partial charge in [-0.25, -0.2) is 0 Å². The number of nitrogens with zero attached hydrogens (tertiary/aromatic N) is 2. The van der Waals surface area contributed by atoms with Gasteiger partial charge in [-0.15, -0.1) is 0 Å². The first-order valence-corrected chi connectivity index (χ1v) is 20.8. The molecule has 0 amide bonds. The average molecular weight is 761 g/mol. The van der Waals surface area contributed by atoms with Crippen LogP contribution in [0.25, 0.3) is 120 Å². The lowest BCUT2D eigenvalue weighted by molar-refractivity contribution is 1.18. The summed E-state index contributed by atoms with van der Waals surface area (Å²) in [7, 11) is 0. The summed E-state index contributed by atoms with van der Waals surface area (Å²) in [6.07, 6.45) is 0. The molecule has 2 heterocycles. The summed E-state index contributed by atoms with van der Waals surface area (Å²) in [6, 6.07) is 80.5. The van der Waals surface area contributed by atoms with Crippen molar-refractivity contribution in [1.29, 1.82) is 0 Å². The van der Waals surface area contributed by atoms with Gasteiger partial charge in [0.1, 0.15) is 0 Å². The number of rotatable bonds is 4. The third-order valence-corrected chi connectivity index (χ3v) is 12.9. The van der Waals surface area contributed by atoms with Gasteiger partial charge in [0.25, 0.3) is 0 Å². The van der Waals surface area contributed by atoms with Gasteiger partial charge in [0.2, 0.25) is 0 Å². The van der Waals surface area contributed by atoms with E-state index in [0.29, 0.717) is 0 Å². The molecule has 0 unspecified atom stereocenters. The van der Waals surface area contributed by atoms with Gasteiger partial charge in [0, 0.05) is 32.9 Å². The van der Waals surface area contributed by atoms with E-state index in [2.05, 4.69) is 228 Å². The largest absolute Gasteiger partial charge is 0.309 e. The minimum atomic E-state index is 1.15. The van der Waals surface area contributed by atoms with E-state index >= 15 is 0 Å². The van der Waals surface area contributed by atoms with E-state index in [9.17, 15) is 0 Å². The van der Waals surface area contributed by atoms with Crippen molar-refractivity contribution in [2.45, 2.75) is 0 Å². The Morgan fingerprint density at radius 3 is 1.47 bits per heavy atom. The van der Waals surface area contributed by atoms with E-state index in [1.54, 1.807) is 0 Å². The topological polar surface area (TPSA) is 9.86 Å². The zero-order valence-corrected chi connectivity index (χ0v) is 32.7. The standard InChI is InChI=1S/C58H36N2/c1-2-14-43(15-3-1)60-53-20-10-8-18-47(53)49-31-27-41(36-56(49)60)40-28-33-55-52(34-40)48-19-9-11-21-54(48)59(55)44-29-24-39(25-30-44)51-35-42-23-22-37-12-4-6-16-45(37)57(42)58-46-17-7-5-13-38(46)26-32-50(51)58/h1-36H. The Morgan fingerprint density at radius 1 is 0.233 bits per heavy atom. The Balaban J connectivity index is 0.959. The highest BCUT2D eigenvalue weighted by Gasteiger charge is 2.18. The number of benzene rings is 11. The second-order valence-electron chi connectivity index (χ2n) is 16.1. The van der Waals surface area contributed by atoms with E-state index in [-0.39, 0.29) is 0 Å². The van der Waals surface area contributed by atoms with Crippen LogP contribution in [0.2, 0.25) is 0 Å². The van der Waals surface area contributed by atoms with Crippen LogP contribution in [-0.2, 0) is 0 Å². The second kappa shape index (κ2) is 12.8. The zero-order chi connectivity index (χ0) is 39.3. The highest BCUT2D eigenvalue weighted by Crippen LogP contribution is 2.43. The summed E-state index contributed by atoms with van der Waals surface area (Å²) in [5, 5.41) is 15.3. The predicted octanol–water partition coefficient (Wildman–Crippen LogP) is 15.8. The Morgan fingerprint density at radius 2 is 0.717 bits per heavy atom. The zero-order valence-electron chi connectivity index (χ0n) is 32.7. The highest BCUT2D eigenvalue weighted by molar-refractivity contribution is 6.30. The van der Waals surface area contributed by atoms with Crippen molar-refractivity contribution in [1.82, 2.24) is 9.13 Å². The fourth-order valence-corrected chi connectivity index (χ4v) is 10.2. The molecule has 0 aliphatic rings. The Hall–Kier alpha value is -7.94. The van der Waals surface area contributed by atoms with Gasteiger partial charge in [-0.3, -0.25) is 0 Å².